The number of aliphatic carboxylic acids is 1. The highest BCUT2D eigenvalue weighted by molar-refractivity contribution is 5.95. The Bertz CT molecular complexity index is 844. The molecule has 4 N–H and O–H groups in total. The van der Waals surface area contributed by atoms with E-state index in [0.717, 1.165) is 23.1 Å². The zero-order chi connectivity index (χ0) is 19.4. The fourth-order valence-corrected chi connectivity index (χ4v) is 3.41. The summed E-state index contributed by atoms with van der Waals surface area (Å²) in [7, 11) is 0. The van der Waals surface area contributed by atoms with Crippen molar-refractivity contribution in [3.8, 4) is 11.1 Å². The molecule has 1 aliphatic rings. The first-order valence-corrected chi connectivity index (χ1v) is 8.98. The van der Waals surface area contributed by atoms with Crippen LogP contribution in [0.4, 0.5) is 0 Å². The molecule has 1 atom stereocenters. The maximum absolute atomic E-state index is 12.4. The van der Waals surface area contributed by atoms with E-state index in [9.17, 15) is 9.59 Å². The molecule has 0 aromatic heterocycles. The molecule has 0 bridgehead atoms. The molecular weight excluding hydrogens is 342 g/mol. The Labute approximate surface area is 158 Å². The Morgan fingerprint density at radius 3 is 2.26 bits per heavy atom. The molecule has 1 saturated heterocycles. The third-order valence-electron chi connectivity index (χ3n) is 4.97. The van der Waals surface area contributed by atoms with Gasteiger partial charge in [-0.1, -0.05) is 48.5 Å². The van der Waals surface area contributed by atoms with Gasteiger partial charge in [0.1, 0.15) is 5.84 Å². The Morgan fingerprint density at radius 2 is 1.70 bits per heavy atom. The average molecular weight is 365 g/mol. The second-order valence-corrected chi connectivity index (χ2v) is 6.85. The Morgan fingerprint density at radius 1 is 1.11 bits per heavy atom. The van der Waals surface area contributed by atoms with Gasteiger partial charge in [0.15, 0.2) is 0 Å². The molecule has 0 aliphatic carbocycles. The maximum Gasteiger partial charge on any atom is 0.305 e. The summed E-state index contributed by atoms with van der Waals surface area (Å²) in [5.41, 5.74) is 9.38. The predicted molar refractivity (Wildman–Crippen MR) is 104 cm³/mol. The number of carboxylic acid groups (broad SMARTS) is 1. The molecule has 1 heterocycles. The van der Waals surface area contributed by atoms with Crippen LogP contribution >= 0.6 is 0 Å². The van der Waals surface area contributed by atoms with E-state index in [-0.39, 0.29) is 24.1 Å². The van der Waals surface area contributed by atoms with Gasteiger partial charge < -0.3 is 15.7 Å². The molecule has 1 fully saturated rings. The number of rotatable bonds is 7. The Kier molecular flexibility index (Phi) is 5.54. The SMILES string of the molecule is N=C(N)c1ccc(-c2ccc(CC3CCN(CCC(=O)O)C3=O)cc2)cc1. The van der Waals surface area contributed by atoms with Gasteiger partial charge in [-0.2, -0.15) is 0 Å². The van der Waals surface area contributed by atoms with Crippen molar-refractivity contribution >= 4 is 17.7 Å². The standard InChI is InChI=1S/C21H23N3O3/c22-20(23)17-7-5-16(6-8-17)15-3-1-14(2-4-15)13-18-9-11-24(21(18)27)12-10-19(25)26/h1-8,18H,9-13H2,(H3,22,23)(H,25,26). The van der Waals surface area contributed by atoms with Crippen LogP contribution in [0.3, 0.4) is 0 Å². The van der Waals surface area contributed by atoms with Crippen molar-refractivity contribution in [2.24, 2.45) is 11.7 Å². The number of amides is 1. The van der Waals surface area contributed by atoms with E-state index in [2.05, 4.69) is 0 Å². The number of nitrogens with two attached hydrogens (primary N) is 1. The van der Waals surface area contributed by atoms with Crippen molar-refractivity contribution in [1.29, 1.82) is 5.41 Å². The minimum Gasteiger partial charge on any atom is -0.481 e. The van der Waals surface area contributed by atoms with Crippen molar-refractivity contribution in [3.63, 3.8) is 0 Å². The van der Waals surface area contributed by atoms with Crippen molar-refractivity contribution in [1.82, 2.24) is 4.90 Å². The maximum atomic E-state index is 12.4. The highest BCUT2D eigenvalue weighted by Crippen LogP contribution is 2.25. The number of likely N-dealkylation sites (tertiary alicyclic amines) is 1. The van der Waals surface area contributed by atoms with E-state index >= 15 is 0 Å². The molecule has 0 spiro atoms. The molecule has 1 unspecified atom stereocenters. The largest absolute Gasteiger partial charge is 0.481 e. The first-order chi connectivity index (χ1) is 12.9. The Hall–Kier alpha value is -3.15. The van der Waals surface area contributed by atoms with Gasteiger partial charge in [-0.05, 0) is 29.5 Å². The number of carboxylic acids is 1. The first-order valence-electron chi connectivity index (χ1n) is 8.98. The number of amidine groups is 1. The first kappa shape index (κ1) is 18.6. The van der Waals surface area contributed by atoms with Crippen LogP contribution < -0.4 is 5.73 Å². The Balaban J connectivity index is 1.62. The van der Waals surface area contributed by atoms with Gasteiger partial charge in [-0.3, -0.25) is 15.0 Å². The van der Waals surface area contributed by atoms with Gasteiger partial charge in [-0.15, -0.1) is 0 Å². The number of hydrogen-bond donors (Lipinski definition) is 3. The summed E-state index contributed by atoms with van der Waals surface area (Å²) in [6, 6.07) is 15.6. The smallest absolute Gasteiger partial charge is 0.305 e. The molecule has 2 aromatic carbocycles. The van der Waals surface area contributed by atoms with Gasteiger partial charge >= 0.3 is 5.97 Å². The van der Waals surface area contributed by atoms with E-state index in [4.69, 9.17) is 16.2 Å². The van der Waals surface area contributed by atoms with Crippen molar-refractivity contribution in [2.45, 2.75) is 19.3 Å². The van der Waals surface area contributed by atoms with Gasteiger partial charge in [0.2, 0.25) is 5.91 Å². The highest BCUT2D eigenvalue weighted by atomic mass is 16.4. The van der Waals surface area contributed by atoms with E-state index < -0.39 is 5.97 Å². The molecule has 140 valence electrons. The summed E-state index contributed by atoms with van der Waals surface area (Å²) >= 11 is 0. The normalized spacial score (nSPS) is 16.5. The van der Waals surface area contributed by atoms with Crippen LogP contribution in [-0.2, 0) is 16.0 Å². The molecule has 3 rings (SSSR count). The summed E-state index contributed by atoms with van der Waals surface area (Å²) in [6.07, 6.45) is 1.44. The van der Waals surface area contributed by atoms with Crippen LogP contribution in [0.1, 0.15) is 24.0 Å². The second kappa shape index (κ2) is 8.03. The van der Waals surface area contributed by atoms with Crippen LogP contribution in [0, 0.1) is 11.3 Å². The van der Waals surface area contributed by atoms with Crippen LogP contribution in [0.15, 0.2) is 48.5 Å². The number of nitrogens with one attached hydrogen (secondary N) is 1. The van der Waals surface area contributed by atoms with E-state index in [1.165, 1.54) is 0 Å². The number of benzene rings is 2. The van der Waals surface area contributed by atoms with E-state index in [1.807, 2.05) is 48.5 Å². The fraction of sp³-hybridized carbons (Fsp3) is 0.286. The summed E-state index contributed by atoms with van der Waals surface area (Å²) in [5.74, 6) is -0.839. The molecule has 1 amide bonds. The third-order valence-corrected chi connectivity index (χ3v) is 4.97. The monoisotopic (exact) mass is 365 g/mol. The van der Waals surface area contributed by atoms with Crippen LogP contribution in [-0.4, -0.2) is 40.8 Å². The van der Waals surface area contributed by atoms with Gasteiger partial charge in [-0.25, -0.2) is 0 Å². The number of nitrogen functional groups attached to an aromatic ring is 1. The lowest BCUT2D eigenvalue weighted by Crippen LogP contribution is -2.30. The topological polar surface area (TPSA) is 107 Å². The average Bonchev–Trinajstić information content (AvgIpc) is 3.00. The number of carbonyl (C=O) groups is 2. The molecular formula is C21H23N3O3. The summed E-state index contributed by atoms with van der Waals surface area (Å²) in [5, 5.41) is 16.2. The number of hydrogen-bond acceptors (Lipinski definition) is 3. The minimum atomic E-state index is -0.877. The predicted octanol–water partition coefficient (Wildman–Crippen LogP) is 2.50. The molecule has 0 radical (unpaired) electrons. The second-order valence-electron chi connectivity index (χ2n) is 6.85. The van der Waals surface area contributed by atoms with Crippen LogP contribution in [0.5, 0.6) is 0 Å². The molecule has 6 nitrogen and oxygen atoms in total. The number of carbonyl (C=O) groups excluding carboxylic acids is 1. The summed E-state index contributed by atoms with van der Waals surface area (Å²) in [4.78, 5) is 24.7. The van der Waals surface area contributed by atoms with Crippen molar-refractivity contribution in [2.75, 3.05) is 13.1 Å². The lowest BCUT2D eigenvalue weighted by Gasteiger charge is -2.15. The minimum absolute atomic E-state index is 0.00439. The molecule has 2 aromatic rings. The lowest BCUT2D eigenvalue weighted by molar-refractivity contribution is -0.138. The van der Waals surface area contributed by atoms with Crippen LogP contribution in [0.25, 0.3) is 11.1 Å². The van der Waals surface area contributed by atoms with Crippen molar-refractivity contribution in [3.05, 3.63) is 59.7 Å². The van der Waals surface area contributed by atoms with Gasteiger partial charge in [0, 0.05) is 24.6 Å². The summed E-state index contributed by atoms with van der Waals surface area (Å²) < 4.78 is 0. The zero-order valence-electron chi connectivity index (χ0n) is 15.0. The highest BCUT2D eigenvalue weighted by Gasteiger charge is 2.31. The molecule has 0 saturated carbocycles. The molecule has 27 heavy (non-hydrogen) atoms. The number of nitrogens with zero attached hydrogens (tertiary/aromatic N) is 1. The van der Waals surface area contributed by atoms with E-state index in [0.29, 0.717) is 25.1 Å². The zero-order valence-corrected chi connectivity index (χ0v) is 15.0. The molecule has 6 heteroatoms. The van der Waals surface area contributed by atoms with Crippen molar-refractivity contribution < 1.29 is 14.7 Å². The third kappa shape index (κ3) is 4.53. The van der Waals surface area contributed by atoms with Gasteiger partial charge in [0.25, 0.3) is 0 Å². The summed E-state index contributed by atoms with van der Waals surface area (Å²) in [6.45, 7) is 0.928. The quantitative estimate of drug-likeness (QED) is 0.517. The molecule has 1 aliphatic heterocycles. The fourth-order valence-electron chi connectivity index (χ4n) is 3.41. The lowest BCUT2D eigenvalue weighted by atomic mass is 9.96. The van der Waals surface area contributed by atoms with Gasteiger partial charge in [0.05, 0.1) is 6.42 Å². The van der Waals surface area contributed by atoms with Crippen LogP contribution in [0.2, 0.25) is 0 Å². The van der Waals surface area contributed by atoms with E-state index in [1.54, 1.807) is 4.90 Å².